The normalized spacial score (nSPS) is 10.2. The van der Waals surface area contributed by atoms with Gasteiger partial charge in [0.15, 0.2) is 0 Å². The molecule has 1 amide bonds. The summed E-state index contributed by atoms with van der Waals surface area (Å²) in [6, 6.07) is 7.30. The van der Waals surface area contributed by atoms with E-state index < -0.39 is 5.91 Å². The Morgan fingerprint density at radius 1 is 1.44 bits per heavy atom. The number of nitrogens with one attached hydrogen (secondary N) is 1. The molecule has 0 unspecified atom stereocenters. The van der Waals surface area contributed by atoms with Crippen molar-refractivity contribution in [3.8, 4) is 0 Å². The number of amides is 1. The molecule has 4 heteroatoms. The first-order valence-corrected chi connectivity index (χ1v) is 6.02. The molecule has 0 fully saturated rings. The molecule has 3 N–H and O–H groups in total. The molecule has 0 atom stereocenters. The summed E-state index contributed by atoms with van der Waals surface area (Å²) in [6.07, 6.45) is 2.71. The van der Waals surface area contributed by atoms with Crippen molar-refractivity contribution in [3.05, 3.63) is 48.0 Å². The van der Waals surface area contributed by atoms with Crippen molar-refractivity contribution in [1.82, 2.24) is 5.32 Å². The van der Waals surface area contributed by atoms with Crippen molar-refractivity contribution in [1.29, 1.82) is 0 Å². The lowest BCUT2D eigenvalue weighted by atomic mass is 10.1. The van der Waals surface area contributed by atoms with Crippen LogP contribution < -0.4 is 11.1 Å². The maximum Gasteiger partial charge on any atom is 0.248 e. The van der Waals surface area contributed by atoms with E-state index in [2.05, 4.69) is 11.9 Å². The predicted molar refractivity (Wildman–Crippen MR) is 72.3 cm³/mol. The second kappa shape index (κ2) is 8.44. The van der Waals surface area contributed by atoms with Crippen molar-refractivity contribution in [3.63, 3.8) is 0 Å². The molecule has 0 saturated carbocycles. The van der Waals surface area contributed by atoms with Gasteiger partial charge in [0, 0.05) is 18.7 Å². The molecule has 0 bridgehead atoms. The molecule has 98 valence electrons. The third-order valence-electron chi connectivity index (χ3n) is 2.43. The Balaban J connectivity index is 2.21. The van der Waals surface area contributed by atoms with E-state index >= 15 is 0 Å². The Kier molecular flexibility index (Phi) is 6.76. The monoisotopic (exact) mass is 248 g/mol. The van der Waals surface area contributed by atoms with Crippen molar-refractivity contribution in [2.45, 2.75) is 13.0 Å². The molecule has 4 nitrogen and oxygen atoms in total. The molecule has 18 heavy (non-hydrogen) atoms. The van der Waals surface area contributed by atoms with Gasteiger partial charge in [-0.15, -0.1) is 6.58 Å². The average molecular weight is 248 g/mol. The summed E-state index contributed by atoms with van der Waals surface area (Å²) in [5, 5.41) is 3.24. The fraction of sp³-hybridized carbons (Fsp3) is 0.357. The van der Waals surface area contributed by atoms with Gasteiger partial charge in [0.25, 0.3) is 0 Å². The van der Waals surface area contributed by atoms with Crippen LogP contribution in [0.4, 0.5) is 0 Å². The van der Waals surface area contributed by atoms with Crippen LogP contribution in [0.25, 0.3) is 0 Å². The zero-order chi connectivity index (χ0) is 13.2. The largest absolute Gasteiger partial charge is 0.380 e. The van der Waals surface area contributed by atoms with Crippen LogP contribution in [0.15, 0.2) is 36.9 Å². The number of benzene rings is 1. The van der Waals surface area contributed by atoms with E-state index in [9.17, 15) is 4.79 Å². The summed E-state index contributed by atoms with van der Waals surface area (Å²) in [6.45, 7) is 6.48. The minimum atomic E-state index is -0.399. The SMILES string of the molecule is C=CCCOCCNCc1cccc(C(N)=O)c1. The molecule has 0 heterocycles. The highest BCUT2D eigenvalue weighted by atomic mass is 16.5. The smallest absolute Gasteiger partial charge is 0.248 e. The van der Waals surface area contributed by atoms with E-state index in [1.165, 1.54) is 0 Å². The Labute approximate surface area is 108 Å². The minimum absolute atomic E-state index is 0.399. The first kappa shape index (κ1) is 14.4. The number of hydrogen-bond acceptors (Lipinski definition) is 3. The van der Waals surface area contributed by atoms with Crippen LogP contribution in [0.5, 0.6) is 0 Å². The first-order valence-electron chi connectivity index (χ1n) is 6.02. The number of primary amides is 1. The van der Waals surface area contributed by atoms with Gasteiger partial charge in [0.2, 0.25) is 5.91 Å². The van der Waals surface area contributed by atoms with Gasteiger partial charge in [-0.2, -0.15) is 0 Å². The molecule has 0 radical (unpaired) electrons. The van der Waals surface area contributed by atoms with E-state index in [0.717, 1.165) is 18.5 Å². The summed E-state index contributed by atoms with van der Waals surface area (Å²) in [5.41, 5.74) is 6.80. The molecular weight excluding hydrogens is 228 g/mol. The Morgan fingerprint density at radius 2 is 2.28 bits per heavy atom. The first-order chi connectivity index (χ1) is 8.74. The second-order valence-corrected chi connectivity index (χ2v) is 3.93. The van der Waals surface area contributed by atoms with Gasteiger partial charge in [-0.05, 0) is 24.1 Å². The van der Waals surface area contributed by atoms with Crippen LogP contribution >= 0.6 is 0 Å². The molecule has 0 aromatic heterocycles. The number of rotatable bonds is 9. The predicted octanol–water partition coefficient (Wildman–Crippen LogP) is 1.47. The van der Waals surface area contributed by atoms with Gasteiger partial charge in [0.1, 0.15) is 0 Å². The zero-order valence-electron chi connectivity index (χ0n) is 10.5. The van der Waals surface area contributed by atoms with Crippen LogP contribution in [-0.4, -0.2) is 25.7 Å². The summed E-state index contributed by atoms with van der Waals surface area (Å²) >= 11 is 0. The van der Waals surface area contributed by atoms with Crippen LogP contribution in [0.3, 0.4) is 0 Å². The minimum Gasteiger partial charge on any atom is -0.380 e. The topological polar surface area (TPSA) is 64.3 Å². The zero-order valence-corrected chi connectivity index (χ0v) is 10.5. The number of nitrogens with two attached hydrogens (primary N) is 1. The van der Waals surface area contributed by atoms with Crippen LogP contribution in [-0.2, 0) is 11.3 Å². The lowest BCUT2D eigenvalue weighted by molar-refractivity contribution is 0.1000. The third kappa shape index (κ3) is 5.61. The summed E-state index contributed by atoms with van der Waals surface area (Å²) in [5.74, 6) is -0.399. The highest BCUT2D eigenvalue weighted by molar-refractivity contribution is 5.92. The number of carbonyl (C=O) groups excluding carboxylic acids is 1. The maximum atomic E-state index is 11.0. The molecule has 0 spiro atoms. The van der Waals surface area contributed by atoms with E-state index in [-0.39, 0.29) is 0 Å². The van der Waals surface area contributed by atoms with Crippen LogP contribution in [0.1, 0.15) is 22.3 Å². The standard InChI is InChI=1S/C14H20N2O2/c1-2-3-8-18-9-7-16-11-12-5-4-6-13(10-12)14(15)17/h2,4-6,10,16H,1,3,7-9,11H2,(H2,15,17). The summed E-state index contributed by atoms with van der Waals surface area (Å²) in [4.78, 5) is 11.0. The van der Waals surface area contributed by atoms with Gasteiger partial charge in [-0.25, -0.2) is 0 Å². The number of ether oxygens (including phenoxy) is 1. The van der Waals surface area contributed by atoms with Gasteiger partial charge < -0.3 is 15.8 Å². The Bertz CT molecular complexity index is 391. The van der Waals surface area contributed by atoms with Gasteiger partial charge in [0.05, 0.1) is 13.2 Å². The fourth-order valence-corrected chi connectivity index (χ4v) is 1.48. The lowest BCUT2D eigenvalue weighted by Gasteiger charge is -2.06. The van der Waals surface area contributed by atoms with Crippen molar-refractivity contribution in [2.75, 3.05) is 19.8 Å². The molecule has 1 aromatic rings. The molecule has 0 aliphatic carbocycles. The number of hydrogen-bond donors (Lipinski definition) is 2. The highest BCUT2D eigenvalue weighted by Gasteiger charge is 2.00. The van der Waals surface area contributed by atoms with Crippen molar-refractivity contribution in [2.24, 2.45) is 5.73 Å². The quantitative estimate of drug-likeness (QED) is 0.514. The van der Waals surface area contributed by atoms with Crippen molar-refractivity contribution >= 4 is 5.91 Å². The van der Waals surface area contributed by atoms with Gasteiger partial charge in [-0.1, -0.05) is 18.2 Å². The van der Waals surface area contributed by atoms with Gasteiger partial charge >= 0.3 is 0 Å². The van der Waals surface area contributed by atoms with Crippen LogP contribution in [0, 0.1) is 0 Å². The molecule has 1 rings (SSSR count). The average Bonchev–Trinajstić information content (AvgIpc) is 2.38. The highest BCUT2D eigenvalue weighted by Crippen LogP contribution is 2.04. The molecule has 1 aromatic carbocycles. The van der Waals surface area contributed by atoms with Crippen molar-refractivity contribution < 1.29 is 9.53 Å². The Hall–Kier alpha value is -1.65. The summed E-state index contributed by atoms with van der Waals surface area (Å²) < 4.78 is 5.37. The Morgan fingerprint density at radius 3 is 3.00 bits per heavy atom. The van der Waals surface area contributed by atoms with Crippen LogP contribution in [0.2, 0.25) is 0 Å². The molecule has 0 aliphatic heterocycles. The molecule has 0 saturated heterocycles. The van der Waals surface area contributed by atoms with E-state index in [1.807, 2.05) is 18.2 Å². The number of carbonyl (C=O) groups is 1. The van der Waals surface area contributed by atoms with E-state index in [4.69, 9.17) is 10.5 Å². The summed E-state index contributed by atoms with van der Waals surface area (Å²) in [7, 11) is 0. The molecule has 0 aliphatic rings. The molecular formula is C14H20N2O2. The fourth-order valence-electron chi connectivity index (χ4n) is 1.48. The lowest BCUT2D eigenvalue weighted by Crippen LogP contribution is -2.20. The maximum absolute atomic E-state index is 11.0. The second-order valence-electron chi connectivity index (χ2n) is 3.93. The van der Waals surface area contributed by atoms with E-state index in [1.54, 1.807) is 12.1 Å². The third-order valence-corrected chi connectivity index (χ3v) is 2.43. The van der Waals surface area contributed by atoms with E-state index in [0.29, 0.717) is 25.3 Å². The van der Waals surface area contributed by atoms with Gasteiger partial charge in [-0.3, -0.25) is 4.79 Å².